The summed E-state index contributed by atoms with van der Waals surface area (Å²) in [6.07, 6.45) is 6.22. The van der Waals surface area contributed by atoms with E-state index >= 15 is 0 Å². The summed E-state index contributed by atoms with van der Waals surface area (Å²) in [5.74, 6) is 0.241. The van der Waals surface area contributed by atoms with Gasteiger partial charge < -0.3 is 9.53 Å². The standard InChI is InChI=1S/C19H40O2Si/c1-10-12-13-14-17(16(11-2)18(20)15(3)4)21-22(8,9)19(5,6)7/h11,15-18,20H,2,10,12-14H2,1,3-9H3/t16-,17+,18-/m1/s1. The van der Waals surface area contributed by atoms with Gasteiger partial charge >= 0.3 is 0 Å². The smallest absolute Gasteiger partial charge is 0.192 e. The molecular formula is C19H40O2Si. The summed E-state index contributed by atoms with van der Waals surface area (Å²) in [4.78, 5) is 0. The highest BCUT2D eigenvalue weighted by Gasteiger charge is 2.41. The Hall–Kier alpha value is -0.123. The van der Waals surface area contributed by atoms with E-state index in [1.54, 1.807) is 0 Å². The zero-order chi connectivity index (χ0) is 17.6. The number of hydrogen-bond acceptors (Lipinski definition) is 2. The molecule has 3 atom stereocenters. The highest BCUT2D eigenvalue weighted by atomic mass is 28.4. The molecule has 0 aromatic heterocycles. The highest BCUT2D eigenvalue weighted by molar-refractivity contribution is 6.74. The van der Waals surface area contributed by atoms with Crippen LogP contribution >= 0.6 is 0 Å². The van der Waals surface area contributed by atoms with E-state index < -0.39 is 8.32 Å². The SMILES string of the molecule is C=C[C@H]([C@H](CCCCC)O[Si](C)(C)C(C)(C)C)[C@H](O)C(C)C. The third kappa shape index (κ3) is 6.55. The molecule has 0 spiro atoms. The Balaban J connectivity index is 5.21. The van der Waals surface area contributed by atoms with Gasteiger partial charge in [-0.05, 0) is 30.5 Å². The van der Waals surface area contributed by atoms with E-state index in [0.717, 1.165) is 12.8 Å². The van der Waals surface area contributed by atoms with Crippen LogP contribution in [0.25, 0.3) is 0 Å². The van der Waals surface area contributed by atoms with E-state index in [0.29, 0.717) is 0 Å². The Kier molecular flexibility index (Phi) is 9.19. The molecule has 0 amide bonds. The largest absolute Gasteiger partial charge is 0.413 e. The second-order valence-corrected chi connectivity index (χ2v) is 13.2. The zero-order valence-corrected chi connectivity index (χ0v) is 17.3. The lowest BCUT2D eigenvalue weighted by molar-refractivity contribution is 0.0132. The molecule has 0 heterocycles. The molecule has 0 aliphatic carbocycles. The number of unbranched alkanes of at least 4 members (excludes halogenated alkanes) is 2. The Bertz CT molecular complexity index is 318. The van der Waals surface area contributed by atoms with Crippen LogP contribution in [-0.4, -0.2) is 25.6 Å². The molecule has 0 aliphatic heterocycles. The van der Waals surface area contributed by atoms with Crippen LogP contribution in [0.15, 0.2) is 12.7 Å². The quantitative estimate of drug-likeness (QED) is 0.313. The molecule has 0 saturated heterocycles. The Labute approximate surface area is 140 Å². The topological polar surface area (TPSA) is 29.5 Å². The van der Waals surface area contributed by atoms with Crippen molar-refractivity contribution in [1.29, 1.82) is 0 Å². The lowest BCUT2D eigenvalue weighted by Crippen LogP contribution is -2.47. The predicted octanol–water partition coefficient (Wildman–Crippen LogP) is 5.78. The first kappa shape index (κ1) is 21.9. The van der Waals surface area contributed by atoms with Gasteiger partial charge in [0.05, 0.1) is 12.2 Å². The molecule has 0 unspecified atom stereocenters. The van der Waals surface area contributed by atoms with Gasteiger partial charge in [-0.25, -0.2) is 0 Å². The van der Waals surface area contributed by atoms with Gasteiger partial charge in [-0.3, -0.25) is 0 Å². The van der Waals surface area contributed by atoms with E-state index in [1.165, 1.54) is 12.8 Å². The lowest BCUT2D eigenvalue weighted by Gasteiger charge is -2.42. The first-order valence-corrected chi connectivity index (χ1v) is 11.9. The molecule has 0 aromatic carbocycles. The monoisotopic (exact) mass is 328 g/mol. The second kappa shape index (κ2) is 9.24. The molecule has 0 bridgehead atoms. The second-order valence-electron chi connectivity index (χ2n) is 8.46. The van der Waals surface area contributed by atoms with Crippen LogP contribution in [0.5, 0.6) is 0 Å². The first-order valence-electron chi connectivity index (χ1n) is 8.96. The van der Waals surface area contributed by atoms with E-state index in [9.17, 15) is 5.11 Å². The Morgan fingerprint density at radius 3 is 2.09 bits per heavy atom. The first-order chi connectivity index (χ1) is 9.97. The molecule has 3 heteroatoms. The van der Waals surface area contributed by atoms with Gasteiger partial charge in [-0.2, -0.15) is 0 Å². The molecule has 132 valence electrons. The van der Waals surface area contributed by atoms with E-state index in [2.05, 4.69) is 61.2 Å². The van der Waals surface area contributed by atoms with Crippen molar-refractivity contribution in [1.82, 2.24) is 0 Å². The minimum absolute atomic E-state index is 0.0194. The Morgan fingerprint density at radius 2 is 1.73 bits per heavy atom. The third-order valence-electron chi connectivity index (χ3n) is 5.12. The van der Waals surface area contributed by atoms with Crippen molar-refractivity contribution in [2.24, 2.45) is 11.8 Å². The average Bonchev–Trinajstić information content (AvgIpc) is 2.37. The van der Waals surface area contributed by atoms with E-state index in [1.807, 2.05) is 6.08 Å². The highest BCUT2D eigenvalue weighted by Crippen LogP contribution is 2.39. The van der Waals surface area contributed by atoms with Crippen molar-refractivity contribution < 1.29 is 9.53 Å². The maximum Gasteiger partial charge on any atom is 0.192 e. The average molecular weight is 329 g/mol. The lowest BCUT2D eigenvalue weighted by atomic mass is 9.86. The van der Waals surface area contributed by atoms with Crippen LogP contribution in [0, 0.1) is 11.8 Å². The normalized spacial score (nSPS) is 17.4. The fraction of sp³-hybridized carbons (Fsp3) is 0.895. The van der Waals surface area contributed by atoms with E-state index in [4.69, 9.17) is 4.43 Å². The molecule has 1 N–H and O–H groups in total. The van der Waals surface area contributed by atoms with Gasteiger partial charge in [0.25, 0.3) is 0 Å². The zero-order valence-electron chi connectivity index (χ0n) is 16.3. The number of aliphatic hydroxyl groups excluding tert-OH is 1. The van der Waals surface area contributed by atoms with Crippen molar-refractivity contribution in [3.05, 3.63) is 12.7 Å². The predicted molar refractivity (Wildman–Crippen MR) is 101 cm³/mol. The third-order valence-corrected chi connectivity index (χ3v) is 9.63. The molecular weight excluding hydrogens is 288 g/mol. The fourth-order valence-corrected chi connectivity index (χ4v) is 3.82. The van der Waals surface area contributed by atoms with Gasteiger partial charge in [0.1, 0.15) is 0 Å². The van der Waals surface area contributed by atoms with Crippen molar-refractivity contribution >= 4 is 8.32 Å². The number of aliphatic hydroxyl groups is 1. The minimum atomic E-state index is -1.85. The molecule has 22 heavy (non-hydrogen) atoms. The summed E-state index contributed by atoms with van der Waals surface area (Å²) in [7, 11) is -1.85. The summed E-state index contributed by atoms with van der Waals surface area (Å²) in [5.41, 5.74) is 0. The van der Waals surface area contributed by atoms with Crippen molar-refractivity contribution in [3.8, 4) is 0 Å². The maximum atomic E-state index is 10.6. The van der Waals surface area contributed by atoms with Crippen molar-refractivity contribution in [2.45, 2.75) is 97.6 Å². The number of hydrogen-bond donors (Lipinski definition) is 1. The van der Waals surface area contributed by atoms with Crippen molar-refractivity contribution in [3.63, 3.8) is 0 Å². The summed E-state index contributed by atoms with van der Waals surface area (Å²) < 4.78 is 6.68. The molecule has 0 rings (SSSR count). The van der Waals surface area contributed by atoms with Crippen LogP contribution in [-0.2, 0) is 4.43 Å². The van der Waals surface area contributed by atoms with Crippen molar-refractivity contribution in [2.75, 3.05) is 0 Å². The summed E-state index contributed by atoms with van der Waals surface area (Å²) in [5, 5.41) is 10.8. The number of rotatable bonds is 10. The molecule has 0 aliphatic rings. The summed E-state index contributed by atoms with van der Waals surface area (Å²) in [6, 6.07) is 0. The van der Waals surface area contributed by atoms with Gasteiger partial charge in [-0.15, -0.1) is 6.58 Å². The minimum Gasteiger partial charge on any atom is -0.413 e. The summed E-state index contributed by atoms with van der Waals surface area (Å²) >= 11 is 0. The van der Waals surface area contributed by atoms with Crippen LogP contribution < -0.4 is 0 Å². The van der Waals surface area contributed by atoms with Gasteiger partial charge in [0.2, 0.25) is 0 Å². The van der Waals surface area contributed by atoms with E-state index in [-0.39, 0.29) is 29.1 Å². The Morgan fingerprint density at radius 1 is 1.18 bits per heavy atom. The van der Waals surface area contributed by atoms with Gasteiger partial charge in [0, 0.05) is 5.92 Å². The van der Waals surface area contributed by atoms with Gasteiger partial charge in [0.15, 0.2) is 8.32 Å². The molecule has 0 fully saturated rings. The summed E-state index contributed by atoms with van der Waals surface area (Å²) in [6.45, 7) is 21.7. The molecule has 2 nitrogen and oxygen atoms in total. The van der Waals surface area contributed by atoms with Crippen LogP contribution in [0.2, 0.25) is 18.1 Å². The maximum absolute atomic E-state index is 10.6. The molecule has 0 saturated carbocycles. The molecule has 0 aromatic rings. The van der Waals surface area contributed by atoms with Gasteiger partial charge in [-0.1, -0.05) is 66.9 Å². The fourth-order valence-electron chi connectivity index (χ4n) is 2.44. The molecule has 0 radical (unpaired) electrons. The van der Waals surface area contributed by atoms with Crippen LogP contribution in [0.3, 0.4) is 0 Å². The van der Waals surface area contributed by atoms with Crippen LogP contribution in [0.1, 0.15) is 67.2 Å². The van der Waals surface area contributed by atoms with Crippen LogP contribution in [0.4, 0.5) is 0 Å².